The molecule has 0 aliphatic carbocycles. The van der Waals surface area contributed by atoms with Crippen molar-refractivity contribution in [1.29, 1.82) is 0 Å². The minimum Gasteiger partial charge on any atom is -0.452 e. The van der Waals surface area contributed by atoms with Crippen LogP contribution in [0.4, 0.5) is 0 Å². The second kappa shape index (κ2) is 7.53. The summed E-state index contributed by atoms with van der Waals surface area (Å²) in [5.41, 5.74) is 2.01. The van der Waals surface area contributed by atoms with Crippen LogP contribution in [0.25, 0.3) is 0 Å². The van der Waals surface area contributed by atoms with E-state index in [0.717, 1.165) is 24.0 Å². The lowest BCUT2D eigenvalue weighted by atomic mass is 10.1. The van der Waals surface area contributed by atoms with E-state index in [9.17, 15) is 4.79 Å². The number of ether oxygens (including phenoxy) is 1. The largest absolute Gasteiger partial charge is 0.452 e. The molecule has 4 heteroatoms. The van der Waals surface area contributed by atoms with E-state index in [1.807, 2.05) is 37.3 Å². The molecule has 0 amide bonds. The van der Waals surface area contributed by atoms with Gasteiger partial charge in [-0.05, 0) is 24.0 Å². The lowest BCUT2D eigenvalue weighted by molar-refractivity contribution is 0.0273. The molecule has 4 nitrogen and oxygen atoms in total. The molecule has 0 aliphatic heterocycles. The molecule has 0 fully saturated rings. The van der Waals surface area contributed by atoms with Gasteiger partial charge in [-0.25, -0.2) is 14.8 Å². The molecule has 0 spiro atoms. The van der Waals surface area contributed by atoms with E-state index in [-0.39, 0.29) is 11.9 Å². The maximum absolute atomic E-state index is 12.1. The predicted molar refractivity (Wildman–Crippen MR) is 80.9 cm³/mol. The van der Waals surface area contributed by atoms with Crippen LogP contribution in [0.15, 0.2) is 42.7 Å². The first kappa shape index (κ1) is 15.2. The number of carbonyl (C=O) groups is 1. The van der Waals surface area contributed by atoms with Gasteiger partial charge in [0.05, 0.1) is 0 Å². The number of hydrogen-bond acceptors (Lipinski definition) is 4. The molecule has 1 unspecified atom stereocenters. The fourth-order valence-electron chi connectivity index (χ4n) is 2.11. The lowest BCUT2D eigenvalue weighted by Crippen LogP contribution is -2.14. The van der Waals surface area contributed by atoms with Crippen molar-refractivity contribution in [2.45, 2.75) is 39.2 Å². The van der Waals surface area contributed by atoms with E-state index >= 15 is 0 Å². The number of rotatable bonds is 6. The molecule has 1 heterocycles. The summed E-state index contributed by atoms with van der Waals surface area (Å²) < 4.78 is 5.51. The molecule has 1 aromatic heterocycles. The van der Waals surface area contributed by atoms with Crippen LogP contribution in [0.1, 0.15) is 54.5 Å². The molecule has 0 saturated carbocycles. The van der Waals surface area contributed by atoms with Crippen LogP contribution in [0, 0.1) is 0 Å². The summed E-state index contributed by atoms with van der Waals surface area (Å²) in [5.74, 6) is -0.363. The zero-order valence-corrected chi connectivity index (χ0v) is 12.5. The average Bonchev–Trinajstić information content (AvgIpc) is 2.54. The first-order valence-electron chi connectivity index (χ1n) is 7.31. The minimum absolute atomic E-state index is 0.115. The summed E-state index contributed by atoms with van der Waals surface area (Å²) in [5, 5.41) is 0. The molecule has 110 valence electrons. The van der Waals surface area contributed by atoms with E-state index in [4.69, 9.17) is 4.74 Å². The third kappa shape index (κ3) is 4.12. The summed E-state index contributed by atoms with van der Waals surface area (Å²) in [7, 11) is 0. The zero-order valence-electron chi connectivity index (χ0n) is 12.5. The topological polar surface area (TPSA) is 52.1 Å². The third-order valence-corrected chi connectivity index (χ3v) is 3.22. The fraction of sp³-hybridized carbons (Fsp3) is 0.353. The Kier molecular flexibility index (Phi) is 5.43. The Labute approximate surface area is 125 Å². The molecule has 1 atom stereocenters. The summed E-state index contributed by atoms with van der Waals surface area (Å²) >= 11 is 0. The Balaban J connectivity index is 2.05. The molecule has 2 aromatic rings. The van der Waals surface area contributed by atoms with Crippen LogP contribution in [-0.4, -0.2) is 15.9 Å². The fourth-order valence-corrected chi connectivity index (χ4v) is 2.11. The molecule has 0 N–H and O–H groups in total. The van der Waals surface area contributed by atoms with Gasteiger partial charge in [0.1, 0.15) is 6.10 Å². The second-order valence-electron chi connectivity index (χ2n) is 4.88. The van der Waals surface area contributed by atoms with Crippen LogP contribution >= 0.6 is 0 Å². The maximum atomic E-state index is 12.1. The Morgan fingerprint density at radius 2 is 1.81 bits per heavy atom. The Hall–Kier alpha value is -2.23. The Morgan fingerprint density at radius 1 is 1.14 bits per heavy atom. The van der Waals surface area contributed by atoms with Gasteiger partial charge in [-0.1, -0.05) is 50.6 Å². The molecule has 0 aliphatic rings. The number of benzene rings is 1. The molecular formula is C17H20N2O2. The molecular weight excluding hydrogens is 264 g/mol. The SMILES string of the molecule is CCCc1cnc(C(=O)OC(CC)c2ccccc2)nc1. The van der Waals surface area contributed by atoms with Crippen molar-refractivity contribution in [2.75, 3.05) is 0 Å². The molecule has 0 radical (unpaired) electrons. The molecule has 2 rings (SSSR count). The Morgan fingerprint density at radius 3 is 2.38 bits per heavy atom. The van der Waals surface area contributed by atoms with Crippen LogP contribution in [0.5, 0.6) is 0 Å². The van der Waals surface area contributed by atoms with Crippen molar-refractivity contribution >= 4 is 5.97 Å². The Bertz CT molecular complexity index is 567. The van der Waals surface area contributed by atoms with E-state index in [1.165, 1.54) is 0 Å². The summed E-state index contributed by atoms with van der Waals surface area (Å²) in [6.07, 6.45) is 5.77. The highest BCUT2D eigenvalue weighted by atomic mass is 16.5. The highest BCUT2D eigenvalue weighted by Gasteiger charge is 2.18. The smallest absolute Gasteiger partial charge is 0.376 e. The molecule has 0 saturated heterocycles. The van der Waals surface area contributed by atoms with Gasteiger partial charge in [-0.2, -0.15) is 0 Å². The summed E-state index contributed by atoms with van der Waals surface area (Å²) in [4.78, 5) is 20.3. The third-order valence-electron chi connectivity index (χ3n) is 3.22. The minimum atomic E-state index is -0.478. The zero-order chi connectivity index (χ0) is 15.1. The van der Waals surface area contributed by atoms with Crippen molar-refractivity contribution in [1.82, 2.24) is 9.97 Å². The van der Waals surface area contributed by atoms with Gasteiger partial charge in [0.2, 0.25) is 5.82 Å². The highest BCUT2D eigenvalue weighted by molar-refractivity contribution is 5.85. The quantitative estimate of drug-likeness (QED) is 0.758. The monoisotopic (exact) mass is 284 g/mol. The summed E-state index contributed by atoms with van der Waals surface area (Å²) in [6.45, 7) is 4.07. The van der Waals surface area contributed by atoms with Gasteiger partial charge < -0.3 is 4.74 Å². The van der Waals surface area contributed by atoms with Crippen molar-refractivity contribution in [3.8, 4) is 0 Å². The standard InChI is InChI=1S/C17H20N2O2/c1-3-8-13-11-18-16(19-12-13)17(20)21-15(4-2)14-9-6-5-7-10-14/h5-7,9-12,15H,3-4,8H2,1-2H3. The first-order chi connectivity index (χ1) is 10.2. The average molecular weight is 284 g/mol. The van der Waals surface area contributed by atoms with Gasteiger partial charge in [0.15, 0.2) is 0 Å². The van der Waals surface area contributed by atoms with E-state index in [2.05, 4.69) is 16.9 Å². The van der Waals surface area contributed by atoms with Gasteiger partial charge >= 0.3 is 5.97 Å². The van der Waals surface area contributed by atoms with Gasteiger partial charge in [-0.3, -0.25) is 0 Å². The van der Waals surface area contributed by atoms with Crippen LogP contribution in [0.3, 0.4) is 0 Å². The van der Waals surface area contributed by atoms with Crippen LogP contribution in [-0.2, 0) is 11.2 Å². The van der Waals surface area contributed by atoms with E-state index in [1.54, 1.807) is 12.4 Å². The number of esters is 1. The van der Waals surface area contributed by atoms with Crippen molar-refractivity contribution in [3.63, 3.8) is 0 Å². The normalized spacial score (nSPS) is 11.9. The van der Waals surface area contributed by atoms with Crippen molar-refractivity contribution in [2.24, 2.45) is 0 Å². The number of carbonyl (C=O) groups excluding carboxylic acids is 1. The van der Waals surface area contributed by atoms with Gasteiger partial charge in [0, 0.05) is 12.4 Å². The van der Waals surface area contributed by atoms with Crippen molar-refractivity contribution < 1.29 is 9.53 Å². The van der Waals surface area contributed by atoms with Gasteiger partial charge in [-0.15, -0.1) is 0 Å². The first-order valence-corrected chi connectivity index (χ1v) is 7.31. The van der Waals surface area contributed by atoms with Crippen molar-refractivity contribution in [3.05, 3.63) is 59.7 Å². The highest BCUT2D eigenvalue weighted by Crippen LogP contribution is 2.21. The number of aromatic nitrogens is 2. The lowest BCUT2D eigenvalue weighted by Gasteiger charge is -2.15. The maximum Gasteiger partial charge on any atom is 0.376 e. The van der Waals surface area contributed by atoms with Crippen LogP contribution in [0.2, 0.25) is 0 Å². The number of nitrogens with zero attached hydrogens (tertiary/aromatic N) is 2. The molecule has 21 heavy (non-hydrogen) atoms. The molecule has 1 aromatic carbocycles. The van der Waals surface area contributed by atoms with Crippen LogP contribution < -0.4 is 0 Å². The van der Waals surface area contributed by atoms with E-state index in [0.29, 0.717) is 6.42 Å². The molecule has 0 bridgehead atoms. The number of aryl methyl sites for hydroxylation is 1. The number of hydrogen-bond donors (Lipinski definition) is 0. The van der Waals surface area contributed by atoms with Gasteiger partial charge in [0.25, 0.3) is 0 Å². The second-order valence-corrected chi connectivity index (χ2v) is 4.88. The summed E-state index contributed by atoms with van der Waals surface area (Å²) in [6, 6.07) is 9.71. The predicted octanol–water partition coefficient (Wildman–Crippen LogP) is 3.74. The van der Waals surface area contributed by atoms with E-state index < -0.39 is 5.97 Å².